The first kappa shape index (κ1) is 21.0. The van der Waals surface area contributed by atoms with E-state index in [1.807, 2.05) is 0 Å². The molecule has 0 heterocycles. The summed E-state index contributed by atoms with van der Waals surface area (Å²) in [5, 5.41) is 12.7. The van der Waals surface area contributed by atoms with Gasteiger partial charge in [-0.15, -0.1) is 0 Å². The van der Waals surface area contributed by atoms with Gasteiger partial charge in [-0.1, -0.05) is 32.9 Å². The molecule has 1 aromatic carbocycles. The molecule has 2 N–H and O–H groups in total. The molecule has 1 aromatic rings. The van der Waals surface area contributed by atoms with Crippen molar-refractivity contribution in [2.24, 2.45) is 5.41 Å². The van der Waals surface area contributed by atoms with E-state index in [2.05, 4.69) is 10.1 Å². The van der Waals surface area contributed by atoms with Gasteiger partial charge in [-0.05, 0) is 25.5 Å². The predicted octanol–water partition coefficient (Wildman–Crippen LogP) is 3.29. The quantitative estimate of drug-likeness (QED) is 0.807. The van der Waals surface area contributed by atoms with Crippen molar-refractivity contribution < 1.29 is 32.6 Å². The third-order valence-corrected chi connectivity index (χ3v) is 3.55. The average Bonchev–Trinajstić information content (AvgIpc) is 2.46. The molecule has 0 bridgehead atoms. The summed E-state index contributed by atoms with van der Waals surface area (Å²) in [7, 11) is 0. The highest BCUT2D eigenvalue weighted by molar-refractivity contribution is 5.95. The van der Waals surface area contributed by atoms with Crippen LogP contribution in [-0.4, -0.2) is 29.8 Å². The Kier molecular flexibility index (Phi) is 5.89. The van der Waals surface area contributed by atoms with Crippen LogP contribution >= 0.6 is 0 Å². The molecule has 0 aliphatic rings. The highest BCUT2D eigenvalue weighted by Gasteiger charge is 2.62. The minimum absolute atomic E-state index is 0.266. The zero-order valence-electron chi connectivity index (χ0n) is 14.7. The van der Waals surface area contributed by atoms with E-state index in [-0.39, 0.29) is 23.8 Å². The fourth-order valence-electron chi connectivity index (χ4n) is 1.97. The molecule has 0 unspecified atom stereocenters. The molecule has 0 aromatic heterocycles. The normalized spacial score (nSPS) is 14.6. The lowest BCUT2D eigenvalue weighted by molar-refractivity contribution is -0.267. The number of alkyl halides is 3. The number of ether oxygens (including phenoxy) is 1. The molecule has 8 heteroatoms. The molecule has 0 aliphatic carbocycles. The Bertz CT molecular complexity index is 665. The molecule has 1 amide bonds. The van der Waals surface area contributed by atoms with E-state index < -0.39 is 28.7 Å². The Hall–Kier alpha value is -2.09. The molecule has 0 saturated carbocycles. The van der Waals surface area contributed by atoms with Gasteiger partial charge in [0.1, 0.15) is 0 Å². The van der Waals surface area contributed by atoms with Crippen molar-refractivity contribution in [3.8, 4) is 0 Å². The topological polar surface area (TPSA) is 75.6 Å². The number of aliphatic hydroxyl groups is 1. The van der Waals surface area contributed by atoms with Gasteiger partial charge in [-0.25, -0.2) is 4.79 Å². The second-order valence-corrected chi connectivity index (χ2v) is 6.66. The third-order valence-electron chi connectivity index (χ3n) is 3.55. The van der Waals surface area contributed by atoms with Crippen LogP contribution in [0.4, 0.5) is 18.9 Å². The van der Waals surface area contributed by atoms with E-state index in [0.29, 0.717) is 0 Å². The first-order valence-corrected chi connectivity index (χ1v) is 7.64. The molecule has 0 saturated heterocycles. The average molecular weight is 361 g/mol. The van der Waals surface area contributed by atoms with E-state index in [0.717, 1.165) is 12.1 Å². The largest absolute Gasteiger partial charge is 0.463 e. The summed E-state index contributed by atoms with van der Waals surface area (Å²) >= 11 is 0. The van der Waals surface area contributed by atoms with Gasteiger partial charge in [0, 0.05) is 16.7 Å². The zero-order valence-corrected chi connectivity index (χ0v) is 14.7. The standard InChI is InChI=1S/C17H22F3NO4/c1-6-25-14(23)16(24,17(18,19)20)11-7-8-12(10(2)9-11)21-13(22)15(3,4)5/h7-9,24H,6H2,1-5H3,(H,21,22)/t16-/m0/s1. The Morgan fingerprint density at radius 2 is 1.76 bits per heavy atom. The van der Waals surface area contributed by atoms with Gasteiger partial charge >= 0.3 is 12.1 Å². The minimum atomic E-state index is -5.26. The summed E-state index contributed by atoms with van der Waals surface area (Å²) < 4.78 is 44.4. The molecular weight excluding hydrogens is 339 g/mol. The molecule has 0 fully saturated rings. The van der Waals surface area contributed by atoms with Crippen molar-refractivity contribution in [1.82, 2.24) is 0 Å². The monoisotopic (exact) mass is 361 g/mol. The van der Waals surface area contributed by atoms with Crippen LogP contribution in [0.25, 0.3) is 0 Å². The number of halogens is 3. The predicted molar refractivity (Wildman–Crippen MR) is 85.8 cm³/mol. The molecule has 140 valence electrons. The maximum atomic E-state index is 13.3. The molecular formula is C17H22F3NO4. The number of hydrogen-bond acceptors (Lipinski definition) is 4. The van der Waals surface area contributed by atoms with Crippen molar-refractivity contribution in [1.29, 1.82) is 0 Å². The van der Waals surface area contributed by atoms with E-state index in [1.165, 1.54) is 19.9 Å². The van der Waals surface area contributed by atoms with Gasteiger partial charge in [0.15, 0.2) is 0 Å². The highest BCUT2D eigenvalue weighted by atomic mass is 19.4. The number of aryl methyl sites for hydroxylation is 1. The maximum Gasteiger partial charge on any atom is 0.432 e. The summed E-state index contributed by atoms with van der Waals surface area (Å²) in [6.07, 6.45) is -5.26. The summed E-state index contributed by atoms with van der Waals surface area (Å²) in [6.45, 7) is 7.56. The van der Waals surface area contributed by atoms with E-state index in [4.69, 9.17) is 0 Å². The van der Waals surface area contributed by atoms with Crippen molar-refractivity contribution in [3.63, 3.8) is 0 Å². The maximum absolute atomic E-state index is 13.3. The number of carbonyl (C=O) groups is 2. The van der Waals surface area contributed by atoms with E-state index in [9.17, 15) is 27.9 Å². The number of hydrogen-bond donors (Lipinski definition) is 2. The first-order valence-electron chi connectivity index (χ1n) is 7.64. The Balaban J connectivity index is 3.31. The fraction of sp³-hybridized carbons (Fsp3) is 0.529. The summed E-state index contributed by atoms with van der Waals surface area (Å²) in [5.41, 5.74) is -4.59. The number of esters is 1. The van der Waals surface area contributed by atoms with Gasteiger partial charge in [-0.3, -0.25) is 4.79 Å². The van der Waals surface area contributed by atoms with Crippen LogP contribution in [0.2, 0.25) is 0 Å². The summed E-state index contributed by atoms with van der Waals surface area (Å²) in [6, 6.07) is 3.16. The number of rotatable bonds is 4. The lowest BCUT2D eigenvalue weighted by Gasteiger charge is -2.29. The molecule has 1 atom stereocenters. The zero-order chi connectivity index (χ0) is 19.6. The van der Waals surface area contributed by atoms with Gasteiger partial charge in [0.2, 0.25) is 5.91 Å². The molecule has 0 spiro atoms. The summed E-state index contributed by atoms with van der Waals surface area (Å²) in [4.78, 5) is 23.8. The van der Waals surface area contributed by atoms with Crippen LogP contribution in [0.3, 0.4) is 0 Å². The summed E-state index contributed by atoms with van der Waals surface area (Å²) in [5.74, 6) is -2.12. The van der Waals surface area contributed by atoms with Crippen LogP contribution in [0.1, 0.15) is 38.8 Å². The van der Waals surface area contributed by atoms with Gasteiger partial charge < -0.3 is 15.2 Å². The Morgan fingerprint density at radius 3 is 2.16 bits per heavy atom. The smallest absolute Gasteiger partial charge is 0.432 e. The van der Waals surface area contributed by atoms with E-state index in [1.54, 1.807) is 20.8 Å². The fourth-order valence-corrected chi connectivity index (χ4v) is 1.97. The minimum Gasteiger partial charge on any atom is -0.463 e. The number of amides is 1. The lowest BCUT2D eigenvalue weighted by atomic mass is 9.91. The molecule has 1 rings (SSSR count). The number of carbonyl (C=O) groups excluding carboxylic acids is 2. The van der Waals surface area contributed by atoms with Gasteiger partial charge in [0.05, 0.1) is 6.61 Å². The third kappa shape index (κ3) is 4.31. The van der Waals surface area contributed by atoms with Gasteiger partial charge in [-0.2, -0.15) is 13.2 Å². The molecule has 0 aliphatic heterocycles. The van der Waals surface area contributed by atoms with Crippen LogP contribution in [0, 0.1) is 12.3 Å². The first-order chi connectivity index (χ1) is 11.2. The van der Waals surface area contributed by atoms with Crippen molar-refractivity contribution in [2.75, 3.05) is 11.9 Å². The molecule has 5 nitrogen and oxygen atoms in total. The van der Waals surface area contributed by atoms with Crippen molar-refractivity contribution in [3.05, 3.63) is 29.3 Å². The lowest BCUT2D eigenvalue weighted by Crippen LogP contribution is -2.50. The van der Waals surface area contributed by atoms with Crippen LogP contribution < -0.4 is 5.32 Å². The molecule has 0 radical (unpaired) electrons. The van der Waals surface area contributed by atoms with Crippen molar-refractivity contribution in [2.45, 2.75) is 46.4 Å². The highest BCUT2D eigenvalue weighted by Crippen LogP contribution is 2.41. The SMILES string of the molecule is CCOC(=O)[C@@](O)(c1ccc(NC(=O)C(C)(C)C)c(C)c1)C(F)(F)F. The Morgan fingerprint density at radius 1 is 1.20 bits per heavy atom. The van der Waals surface area contributed by atoms with Gasteiger partial charge in [0.25, 0.3) is 5.60 Å². The van der Waals surface area contributed by atoms with Crippen LogP contribution in [0.15, 0.2) is 18.2 Å². The molecule has 25 heavy (non-hydrogen) atoms. The second kappa shape index (κ2) is 7.03. The van der Waals surface area contributed by atoms with E-state index >= 15 is 0 Å². The number of nitrogens with one attached hydrogen (secondary N) is 1. The van der Waals surface area contributed by atoms with Crippen molar-refractivity contribution >= 4 is 17.6 Å². The number of benzene rings is 1. The Labute approximate surface area is 144 Å². The number of anilines is 1. The van der Waals surface area contributed by atoms with Crippen LogP contribution in [0.5, 0.6) is 0 Å². The second-order valence-electron chi connectivity index (χ2n) is 6.66. The van der Waals surface area contributed by atoms with Crippen LogP contribution in [-0.2, 0) is 19.9 Å².